The standard InChI is InChI=1S/C40H44ClN3O3Si/c1-27(2)42-37(45)25-44-38(30-13-12-14-32(41)23-30)43-36-20-19-29(24-35(36)39(44)46)31-21-28(22-31)26-47-48(40(3,4)5,33-15-8-6-9-16-33)34-17-10-7-11-18-34/h6-20,23-24,27-28,31H,21-22,25-26H2,1-5H3,(H,42,45)/t28-,31+. The van der Waals surface area contributed by atoms with Gasteiger partial charge in [-0.05, 0) is 83.8 Å². The fourth-order valence-electron chi connectivity index (χ4n) is 7.15. The number of amides is 1. The summed E-state index contributed by atoms with van der Waals surface area (Å²) in [5.41, 5.74) is 2.18. The van der Waals surface area contributed by atoms with Crippen LogP contribution >= 0.6 is 11.6 Å². The lowest BCUT2D eigenvalue weighted by Crippen LogP contribution is -2.67. The van der Waals surface area contributed by atoms with Gasteiger partial charge in [0, 0.05) is 23.2 Å². The molecule has 1 heterocycles. The molecule has 1 aromatic heterocycles. The summed E-state index contributed by atoms with van der Waals surface area (Å²) in [6, 6.07) is 34.7. The first-order valence-corrected chi connectivity index (χ1v) is 19.1. The molecule has 1 N–H and O–H groups in total. The maximum atomic E-state index is 14.0. The monoisotopic (exact) mass is 677 g/mol. The summed E-state index contributed by atoms with van der Waals surface area (Å²) in [5.74, 6) is 0.931. The lowest BCUT2D eigenvalue weighted by Gasteiger charge is -2.45. The third-order valence-corrected chi connectivity index (χ3v) is 14.7. The number of nitrogens with one attached hydrogen (secondary N) is 1. The zero-order valence-electron chi connectivity index (χ0n) is 28.4. The van der Waals surface area contributed by atoms with Crippen molar-refractivity contribution in [1.29, 1.82) is 0 Å². The summed E-state index contributed by atoms with van der Waals surface area (Å²) < 4.78 is 8.68. The fraction of sp³-hybridized carbons (Fsp3) is 0.325. The minimum absolute atomic E-state index is 0.0463. The van der Waals surface area contributed by atoms with Crippen LogP contribution < -0.4 is 21.2 Å². The molecule has 1 saturated carbocycles. The molecule has 6 rings (SSSR count). The van der Waals surface area contributed by atoms with Crippen LogP contribution in [-0.4, -0.2) is 36.4 Å². The van der Waals surface area contributed by atoms with Crippen LogP contribution in [0.3, 0.4) is 0 Å². The smallest absolute Gasteiger partial charge is 0.262 e. The summed E-state index contributed by atoms with van der Waals surface area (Å²) >= 11 is 6.30. The van der Waals surface area contributed by atoms with Gasteiger partial charge in [0.15, 0.2) is 0 Å². The van der Waals surface area contributed by atoms with Crippen molar-refractivity contribution >= 4 is 47.1 Å². The van der Waals surface area contributed by atoms with Crippen LogP contribution in [0.2, 0.25) is 10.1 Å². The van der Waals surface area contributed by atoms with Crippen molar-refractivity contribution in [3.05, 3.63) is 124 Å². The zero-order valence-corrected chi connectivity index (χ0v) is 30.1. The summed E-state index contributed by atoms with van der Waals surface area (Å²) in [5, 5.41) is 6.46. The Balaban J connectivity index is 1.26. The Labute approximate surface area is 289 Å². The highest BCUT2D eigenvalue weighted by Crippen LogP contribution is 2.44. The summed E-state index contributed by atoms with van der Waals surface area (Å²) in [4.78, 5) is 31.8. The maximum absolute atomic E-state index is 14.0. The van der Waals surface area contributed by atoms with Gasteiger partial charge in [-0.3, -0.25) is 14.2 Å². The molecule has 0 spiro atoms. The van der Waals surface area contributed by atoms with Crippen LogP contribution in [0.1, 0.15) is 58.9 Å². The number of rotatable bonds is 10. The van der Waals surface area contributed by atoms with E-state index in [1.54, 1.807) is 12.1 Å². The number of carbonyl (C=O) groups is 1. The molecular weight excluding hydrogens is 634 g/mol. The predicted octanol–water partition coefficient (Wildman–Crippen LogP) is 7.31. The van der Waals surface area contributed by atoms with E-state index < -0.39 is 8.32 Å². The van der Waals surface area contributed by atoms with Crippen molar-refractivity contribution in [2.75, 3.05) is 6.61 Å². The second kappa shape index (κ2) is 13.8. The lowest BCUT2D eigenvalue weighted by atomic mass is 9.72. The number of hydrogen-bond donors (Lipinski definition) is 1. The van der Waals surface area contributed by atoms with E-state index >= 15 is 0 Å². The van der Waals surface area contributed by atoms with Crippen LogP contribution in [0.15, 0.2) is 108 Å². The molecule has 48 heavy (non-hydrogen) atoms. The molecular formula is C40H44ClN3O3Si. The van der Waals surface area contributed by atoms with Gasteiger partial charge in [0.1, 0.15) is 12.4 Å². The minimum Gasteiger partial charge on any atom is -0.407 e. The van der Waals surface area contributed by atoms with Crippen LogP contribution in [0.5, 0.6) is 0 Å². The average Bonchev–Trinajstić information content (AvgIpc) is 3.03. The molecule has 1 amide bonds. The lowest BCUT2D eigenvalue weighted by molar-refractivity contribution is -0.122. The summed E-state index contributed by atoms with van der Waals surface area (Å²) in [6.45, 7) is 11.3. The highest BCUT2D eigenvalue weighted by Gasteiger charge is 2.50. The summed E-state index contributed by atoms with van der Waals surface area (Å²) in [6.07, 6.45) is 1.98. The molecule has 1 aliphatic rings. The molecule has 0 unspecified atom stereocenters. The van der Waals surface area contributed by atoms with Crippen LogP contribution in [-0.2, 0) is 15.8 Å². The van der Waals surface area contributed by atoms with Crippen molar-refractivity contribution in [2.45, 2.75) is 71.0 Å². The number of hydrogen-bond acceptors (Lipinski definition) is 4. The van der Waals surface area contributed by atoms with Gasteiger partial charge >= 0.3 is 0 Å². The minimum atomic E-state index is -2.60. The Morgan fingerprint density at radius 3 is 2.17 bits per heavy atom. The van der Waals surface area contributed by atoms with Crippen molar-refractivity contribution in [1.82, 2.24) is 14.9 Å². The van der Waals surface area contributed by atoms with E-state index in [9.17, 15) is 9.59 Å². The molecule has 4 aromatic carbocycles. The van der Waals surface area contributed by atoms with Crippen LogP contribution in [0.4, 0.5) is 0 Å². The molecule has 1 aliphatic carbocycles. The van der Waals surface area contributed by atoms with Crippen molar-refractivity contribution in [3.63, 3.8) is 0 Å². The Kier molecular flexibility index (Phi) is 9.75. The van der Waals surface area contributed by atoms with E-state index in [4.69, 9.17) is 21.0 Å². The predicted molar refractivity (Wildman–Crippen MR) is 199 cm³/mol. The number of carbonyl (C=O) groups excluding carboxylic acids is 1. The van der Waals surface area contributed by atoms with Gasteiger partial charge in [0.2, 0.25) is 5.91 Å². The first kappa shape index (κ1) is 33.8. The quantitative estimate of drug-likeness (QED) is 0.157. The second-order valence-electron chi connectivity index (χ2n) is 14.3. The number of benzene rings is 4. The maximum Gasteiger partial charge on any atom is 0.262 e. The topological polar surface area (TPSA) is 73.2 Å². The van der Waals surface area contributed by atoms with E-state index in [2.05, 4.69) is 92.8 Å². The molecule has 0 radical (unpaired) electrons. The number of fused-ring (bicyclic) bond motifs is 1. The van der Waals surface area contributed by atoms with Crippen molar-refractivity contribution in [2.24, 2.45) is 5.92 Å². The van der Waals surface area contributed by atoms with Gasteiger partial charge in [-0.25, -0.2) is 4.98 Å². The van der Waals surface area contributed by atoms with Gasteiger partial charge < -0.3 is 9.74 Å². The highest BCUT2D eigenvalue weighted by molar-refractivity contribution is 6.99. The van der Waals surface area contributed by atoms with Crippen molar-refractivity contribution in [3.8, 4) is 11.4 Å². The van der Waals surface area contributed by atoms with Gasteiger partial charge in [-0.2, -0.15) is 0 Å². The van der Waals surface area contributed by atoms with E-state index in [0.717, 1.165) is 18.4 Å². The molecule has 0 atom stereocenters. The Morgan fingerprint density at radius 1 is 0.938 bits per heavy atom. The molecule has 1 fully saturated rings. The largest absolute Gasteiger partial charge is 0.407 e. The normalized spacial score (nSPS) is 16.6. The van der Waals surface area contributed by atoms with Crippen LogP contribution in [0, 0.1) is 5.92 Å². The van der Waals surface area contributed by atoms with Gasteiger partial charge in [-0.15, -0.1) is 0 Å². The van der Waals surface area contributed by atoms with E-state index in [1.807, 2.05) is 38.1 Å². The van der Waals surface area contributed by atoms with Crippen molar-refractivity contribution < 1.29 is 9.22 Å². The number of nitrogens with zero attached hydrogens (tertiary/aromatic N) is 2. The molecule has 6 nitrogen and oxygen atoms in total. The third-order valence-electron chi connectivity index (χ3n) is 9.47. The third kappa shape index (κ3) is 6.77. The van der Waals surface area contributed by atoms with Gasteiger partial charge in [0.05, 0.1) is 10.9 Å². The second-order valence-corrected chi connectivity index (χ2v) is 19.1. The van der Waals surface area contributed by atoms with E-state index in [0.29, 0.717) is 45.8 Å². The molecule has 0 saturated heterocycles. The zero-order chi connectivity index (χ0) is 34.1. The molecule has 8 heteroatoms. The fourth-order valence-corrected chi connectivity index (χ4v) is 12.0. The highest BCUT2D eigenvalue weighted by atomic mass is 35.5. The molecule has 0 aliphatic heterocycles. The number of halogens is 1. The molecule has 0 bridgehead atoms. The van der Waals surface area contributed by atoms with E-state index in [1.165, 1.54) is 14.9 Å². The Bertz CT molecular complexity index is 1930. The molecule has 5 aromatic rings. The summed E-state index contributed by atoms with van der Waals surface area (Å²) in [7, 11) is -2.60. The van der Waals surface area contributed by atoms with Gasteiger partial charge in [0.25, 0.3) is 13.9 Å². The first-order chi connectivity index (χ1) is 23.0. The Hall–Kier alpha value is -4.04. The average molecular weight is 678 g/mol. The molecule has 248 valence electrons. The Morgan fingerprint density at radius 2 is 1.58 bits per heavy atom. The number of aromatic nitrogens is 2. The first-order valence-electron chi connectivity index (χ1n) is 16.8. The van der Waals surface area contributed by atoms with Gasteiger partial charge in [-0.1, -0.05) is 111 Å². The SMILES string of the molecule is CC(C)NC(=O)Cn1c(-c2cccc(Cl)c2)nc2ccc([C@H]3C[C@@H](CO[Si](c4ccccc4)(c4ccccc4)C(C)(C)C)C3)cc2c1=O. The van der Waals surface area contributed by atoms with Crippen LogP contribution in [0.25, 0.3) is 22.3 Å². The van der Waals surface area contributed by atoms with E-state index in [-0.39, 0.29) is 29.1 Å².